The van der Waals surface area contributed by atoms with Crippen LogP contribution in [0.1, 0.15) is 310 Å². The van der Waals surface area contributed by atoms with Gasteiger partial charge in [-0.1, -0.05) is 298 Å². The van der Waals surface area contributed by atoms with Gasteiger partial charge in [0.05, 0.1) is 12.8 Å². The molecule has 0 aliphatic heterocycles. The summed E-state index contributed by atoms with van der Waals surface area (Å²) >= 11 is 0. The molecule has 4 nitrogen and oxygen atoms in total. The zero-order valence-electron chi connectivity index (χ0n) is 39.7. The summed E-state index contributed by atoms with van der Waals surface area (Å²) in [4.78, 5) is 20.5. The van der Waals surface area contributed by atoms with Crippen LogP contribution in [0.3, 0.4) is 0 Å². The summed E-state index contributed by atoms with van der Waals surface area (Å²) in [6.45, 7) is 16.0. The van der Waals surface area contributed by atoms with Crippen molar-refractivity contribution < 1.29 is 19.8 Å². The second kappa shape index (κ2) is 67.5. The maximum Gasteiger partial charge on any atom is 0.355 e. The molecule has 0 heterocycles. The fourth-order valence-corrected chi connectivity index (χ4v) is 6.70. The van der Waals surface area contributed by atoms with Crippen molar-refractivity contribution in [3.8, 4) is 0 Å². The molecule has 0 aromatic carbocycles. The Morgan fingerprint density at radius 3 is 0.491 bits per heavy atom. The predicted octanol–water partition coefficient (Wildman–Crippen LogP) is 18.4. The minimum Gasteiger partial charge on any atom is -0.247 e. The summed E-state index contributed by atoms with van der Waals surface area (Å²) in [7, 11) is 0. The molecule has 0 rings (SSSR count). The summed E-state index contributed by atoms with van der Waals surface area (Å²) in [6.07, 6.45) is 56.0. The Hall–Kier alpha value is -0.261. The fourth-order valence-electron chi connectivity index (χ4n) is 6.70. The first-order chi connectivity index (χ1) is 27.4. The molecular weight excluding hydrogens is 807 g/mol. The third-order valence-electron chi connectivity index (χ3n) is 10.7. The number of hydrogen-bond acceptors (Lipinski definition) is 2. The quantitative estimate of drug-likeness (QED) is 0.0452. The zero-order chi connectivity index (χ0) is 42.3. The monoisotopic (exact) mass is 913 g/mol. The van der Waals surface area contributed by atoms with E-state index in [1.165, 1.54) is 231 Å². The molecule has 0 N–H and O–H groups in total. The van der Waals surface area contributed by atoms with E-state index in [0.29, 0.717) is 0 Å². The number of carbonyl (C=O) groups excluding carboxylic acids is 2. The van der Waals surface area contributed by atoms with Crippen molar-refractivity contribution in [2.24, 2.45) is 0 Å². The largest absolute Gasteiger partial charge is 0.355 e. The smallest absolute Gasteiger partial charge is 0.247 e. The second-order valence-electron chi connectivity index (χ2n) is 16.7. The molecule has 0 amide bonds. The van der Waals surface area contributed by atoms with Crippen LogP contribution in [0.4, 0.5) is 0 Å². The first kappa shape index (κ1) is 65.9. The maximum absolute atomic E-state index is 10.3. The first-order valence-corrected chi connectivity index (χ1v) is 25.4. The van der Waals surface area contributed by atoms with Gasteiger partial charge in [0, 0.05) is 23.9 Å². The van der Waals surface area contributed by atoms with Crippen LogP contribution >= 0.6 is 0 Å². The van der Waals surface area contributed by atoms with Crippen LogP contribution in [0.25, 0.3) is 0 Å². The third kappa shape index (κ3) is 84.1. The first-order valence-electron chi connectivity index (χ1n) is 25.4. The van der Waals surface area contributed by atoms with Crippen LogP contribution in [0.2, 0.25) is 0 Å². The molecule has 0 bridgehead atoms. The van der Waals surface area contributed by atoms with Gasteiger partial charge >= 0.3 is 11.9 Å². The predicted molar refractivity (Wildman–Crippen MR) is 254 cm³/mol. The summed E-state index contributed by atoms with van der Waals surface area (Å²) in [6, 6.07) is 0. The maximum atomic E-state index is 10.3. The van der Waals surface area contributed by atoms with E-state index < -0.39 is 11.9 Å². The molecule has 0 spiro atoms. The molecule has 0 saturated heterocycles. The molecule has 0 atom stereocenters. The van der Waals surface area contributed by atoms with Crippen molar-refractivity contribution in [1.82, 2.24) is 0 Å². The molecule has 340 valence electrons. The summed E-state index contributed by atoms with van der Waals surface area (Å²) in [5, 5.41) is 20.5. The molecular formula is C52H104O4Sn. The van der Waals surface area contributed by atoms with Crippen LogP contribution in [0.15, 0.2) is 0 Å². The van der Waals surface area contributed by atoms with Gasteiger partial charge in [0.1, 0.15) is 0 Å². The van der Waals surface area contributed by atoms with E-state index in [9.17, 15) is 19.8 Å². The van der Waals surface area contributed by atoms with Gasteiger partial charge in [-0.2, -0.15) is 0 Å². The van der Waals surface area contributed by atoms with Crippen LogP contribution in [-0.2, 0) is 19.8 Å². The molecule has 57 heavy (non-hydrogen) atoms. The molecule has 0 aromatic rings. The van der Waals surface area contributed by atoms with Crippen molar-refractivity contribution in [2.45, 2.75) is 310 Å². The van der Waals surface area contributed by atoms with Crippen LogP contribution < -0.4 is 0 Å². The molecule has 0 aliphatic carbocycles. The molecule has 5 heteroatoms. The summed E-state index contributed by atoms with van der Waals surface area (Å²) < 4.78 is 0. The van der Waals surface area contributed by atoms with Gasteiger partial charge in [-0.05, 0) is 12.8 Å². The average Bonchev–Trinajstić information content (AvgIpc) is 3.19. The van der Waals surface area contributed by atoms with E-state index in [1.54, 1.807) is 0 Å². The van der Waals surface area contributed by atoms with E-state index in [1.807, 2.05) is 0 Å². The van der Waals surface area contributed by atoms with Gasteiger partial charge in [0.15, 0.2) is 0 Å². The molecule has 8 radical (unpaired) electrons. The zero-order valence-corrected chi connectivity index (χ0v) is 42.5. The fraction of sp³-hybridized carbons (Fsp3) is 0.923. The van der Waals surface area contributed by atoms with Gasteiger partial charge in [-0.15, -0.1) is 0 Å². The Kier molecular flexibility index (Phi) is 78.0. The molecule has 0 fully saturated rings. The van der Waals surface area contributed by atoms with E-state index in [2.05, 4.69) is 41.5 Å². The van der Waals surface area contributed by atoms with Crippen molar-refractivity contribution in [3.05, 3.63) is 13.8 Å². The molecule has 0 aromatic heterocycles. The average molecular weight is 912 g/mol. The third-order valence-corrected chi connectivity index (χ3v) is 10.7. The summed E-state index contributed by atoms with van der Waals surface area (Å²) in [5.74, 6) is -1.80. The Morgan fingerprint density at radius 1 is 0.263 bits per heavy atom. The standard InChI is InChI=1S/2C22H43O2.2C4H9.Sn/c2*1-2-3-4-5-6-7-8-9-10-11-12-13-14-15-16-17-18-19-20-21-22(23)24;2*1-3-4-2;/h2*2-21H2,1H3;2*1,3-4H2,2H3;. The van der Waals surface area contributed by atoms with E-state index in [-0.39, 0.29) is 36.7 Å². The van der Waals surface area contributed by atoms with Crippen molar-refractivity contribution in [1.29, 1.82) is 0 Å². The van der Waals surface area contributed by atoms with Crippen molar-refractivity contribution >= 4 is 35.8 Å². The Morgan fingerprint density at radius 2 is 0.386 bits per heavy atom. The van der Waals surface area contributed by atoms with Gasteiger partial charge in [0.2, 0.25) is 0 Å². The van der Waals surface area contributed by atoms with Crippen molar-refractivity contribution in [3.63, 3.8) is 0 Å². The van der Waals surface area contributed by atoms with E-state index in [0.717, 1.165) is 38.5 Å². The number of rotatable bonds is 42. The SMILES string of the molecule is CCCCCCCCCCCCCCCCCCCCCC([O])=O.CCCCCCCCCCCCCCCCCCCCCC([O])=O.[CH2]CCC.[CH2]CCC.[Sn]. The van der Waals surface area contributed by atoms with Gasteiger partial charge in [-0.3, -0.25) is 0 Å². The van der Waals surface area contributed by atoms with Crippen LogP contribution in [-0.4, -0.2) is 35.8 Å². The number of hydrogen-bond donors (Lipinski definition) is 0. The van der Waals surface area contributed by atoms with Gasteiger partial charge in [0.25, 0.3) is 0 Å². The number of unbranched alkanes of at least 4 members (excludes halogenated alkanes) is 38. The second-order valence-corrected chi connectivity index (χ2v) is 16.7. The Labute approximate surface area is 377 Å². The molecule has 0 unspecified atom stereocenters. The minimum atomic E-state index is -0.901. The van der Waals surface area contributed by atoms with Crippen molar-refractivity contribution in [2.75, 3.05) is 0 Å². The Balaban J connectivity index is -0.000000261. The molecule has 0 aliphatic rings. The van der Waals surface area contributed by atoms with Crippen LogP contribution in [0.5, 0.6) is 0 Å². The number of carbonyl (C=O) groups is 2. The van der Waals surface area contributed by atoms with Gasteiger partial charge in [-0.25, -0.2) is 19.8 Å². The normalized spacial score (nSPS) is 10.4. The van der Waals surface area contributed by atoms with E-state index in [4.69, 9.17) is 0 Å². The molecule has 0 saturated carbocycles. The summed E-state index contributed by atoms with van der Waals surface area (Å²) in [5.41, 5.74) is 0. The van der Waals surface area contributed by atoms with Crippen LogP contribution in [0, 0.1) is 13.8 Å². The Bertz CT molecular complexity index is 610. The minimum absolute atomic E-state index is 0. The topological polar surface area (TPSA) is 73.9 Å². The van der Waals surface area contributed by atoms with Gasteiger partial charge < -0.3 is 0 Å². The van der Waals surface area contributed by atoms with E-state index >= 15 is 0 Å².